The second-order valence-electron chi connectivity index (χ2n) is 9.44. The van der Waals surface area contributed by atoms with Crippen LogP contribution in [0.15, 0.2) is 111 Å². The molecule has 1 aliphatic heterocycles. The predicted octanol–water partition coefficient (Wildman–Crippen LogP) is 7.93. The molecule has 6 nitrogen and oxygen atoms in total. The lowest BCUT2D eigenvalue weighted by molar-refractivity contribution is 0.410. The van der Waals surface area contributed by atoms with Gasteiger partial charge in [-0.05, 0) is 75.0 Å². The number of ether oxygens (including phenoxy) is 1. The second-order valence-corrected chi connectivity index (χ2v) is 9.44. The quantitative estimate of drug-likeness (QED) is 0.343. The summed E-state index contributed by atoms with van der Waals surface area (Å²) in [4.78, 5) is 12.0. The number of nitrogens with two attached hydrogens (primary N) is 1. The van der Waals surface area contributed by atoms with E-state index in [2.05, 4.69) is 79.8 Å². The zero-order valence-corrected chi connectivity index (χ0v) is 24.5. The molecule has 0 saturated heterocycles. The van der Waals surface area contributed by atoms with E-state index in [9.17, 15) is 0 Å². The van der Waals surface area contributed by atoms with Gasteiger partial charge in [-0.3, -0.25) is 0 Å². The van der Waals surface area contributed by atoms with Crippen molar-refractivity contribution in [3.05, 3.63) is 107 Å². The average Bonchev–Trinajstić information content (AvgIpc) is 2.96. The number of rotatable bonds is 9. The number of aliphatic imine (C=N–C) groups is 2. The first-order valence-electron chi connectivity index (χ1n) is 13.9. The number of allylic oxidation sites excluding steroid dienone is 8. The van der Waals surface area contributed by atoms with Crippen LogP contribution in [0, 0.1) is 0 Å². The number of anilines is 1. The monoisotopic (exact) mass is 525 g/mol. The van der Waals surface area contributed by atoms with Gasteiger partial charge in [0.1, 0.15) is 11.6 Å². The van der Waals surface area contributed by atoms with Gasteiger partial charge in [0.25, 0.3) is 0 Å². The van der Waals surface area contributed by atoms with E-state index in [0.29, 0.717) is 5.82 Å². The SMILES string of the molecule is C/C=C\N1C=C(C2=CC(=C/C)/C(=N\C(N)=C(C)CC)C=C2)N=C(Nc2ccc(CC)c(OC)c2)/C1=C\CCC. The Hall–Kier alpha value is -4.06. The Bertz CT molecular complexity index is 1330. The number of nitrogens with one attached hydrogen (secondary N) is 1. The van der Waals surface area contributed by atoms with E-state index in [1.165, 1.54) is 5.56 Å². The number of unbranched alkanes of at least 4 members (excludes halogenated alkanes) is 1. The molecule has 0 atom stereocenters. The minimum Gasteiger partial charge on any atom is -0.496 e. The van der Waals surface area contributed by atoms with Crippen molar-refractivity contribution in [1.82, 2.24) is 4.90 Å². The van der Waals surface area contributed by atoms with Crippen LogP contribution in [0.5, 0.6) is 5.75 Å². The smallest absolute Gasteiger partial charge is 0.155 e. The van der Waals surface area contributed by atoms with Crippen LogP contribution in [-0.4, -0.2) is 23.6 Å². The molecule has 0 saturated carbocycles. The maximum Gasteiger partial charge on any atom is 0.155 e. The topological polar surface area (TPSA) is 75.2 Å². The summed E-state index contributed by atoms with van der Waals surface area (Å²) in [5.41, 5.74) is 14.1. The molecule has 2 aliphatic rings. The Morgan fingerprint density at radius 2 is 1.97 bits per heavy atom. The van der Waals surface area contributed by atoms with Crippen molar-refractivity contribution in [2.45, 2.75) is 67.2 Å². The van der Waals surface area contributed by atoms with Crippen molar-refractivity contribution in [3.8, 4) is 5.75 Å². The highest BCUT2D eigenvalue weighted by Gasteiger charge is 2.22. The third-order valence-corrected chi connectivity index (χ3v) is 6.72. The fourth-order valence-electron chi connectivity index (χ4n) is 4.23. The third-order valence-electron chi connectivity index (χ3n) is 6.72. The minimum absolute atomic E-state index is 0.573. The van der Waals surface area contributed by atoms with Gasteiger partial charge in [-0.1, -0.05) is 57.6 Å². The average molecular weight is 526 g/mol. The summed E-state index contributed by atoms with van der Waals surface area (Å²) in [7, 11) is 1.71. The molecule has 0 aromatic heterocycles. The lowest BCUT2D eigenvalue weighted by Crippen LogP contribution is -2.28. The molecule has 1 aromatic carbocycles. The van der Waals surface area contributed by atoms with Crippen LogP contribution >= 0.6 is 0 Å². The van der Waals surface area contributed by atoms with E-state index in [1.54, 1.807) is 7.11 Å². The van der Waals surface area contributed by atoms with Gasteiger partial charge < -0.3 is 20.7 Å². The first-order valence-corrected chi connectivity index (χ1v) is 13.9. The summed E-state index contributed by atoms with van der Waals surface area (Å²) in [5.74, 6) is 2.23. The Morgan fingerprint density at radius 1 is 1.18 bits per heavy atom. The molecule has 0 bridgehead atoms. The van der Waals surface area contributed by atoms with E-state index < -0.39 is 0 Å². The van der Waals surface area contributed by atoms with Crippen LogP contribution in [0.2, 0.25) is 0 Å². The van der Waals surface area contributed by atoms with E-state index in [0.717, 1.165) is 76.8 Å². The summed E-state index contributed by atoms with van der Waals surface area (Å²) in [6.07, 6.45) is 20.4. The normalized spacial score (nSPS) is 19.4. The lowest BCUT2D eigenvalue weighted by atomic mass is 9.97. The molecular formula is C33H43N5O. The lowest BCUT2D eigenvalue weighted by Gasteiger charge is -2.28. The van der Waals surface area contributed by atoms with Crippen LogP contribution in [0.3, 0.4) is 0 Å². The van der Waals surface area contributed by atoms with Gasteiger partial charge in [-0.25, -0.2) is 9.98 Å². The number of amidine groups is 1. The third kappa shape index (κ3) is 7.29. The van der Waals surface area contributed by atoms with E-state index in [-0.39, 0.29) is 0 Å². The fraction of sp³-hybridized carbons (Fsp3) is 0.333. The van der Waals surface area contributed by atoms with Gasteiger partial charge in [-0.2, -0.15) is 0 Å². The number of hydrogen-bond donors (Lipinski definition) is 2. The van der Waals surface area contributed by atoms with Crippen LogP contribution in [0.4, 0.5) is 5.69 Å². The van der Waals surface area contributed by atoms with Crippen LogP contribution in [-0.2, 0) is 6.42 Å². The van der Waals surface area contributed by atoms with Crippen molar-refractivity contribution >= 4 is 17.2 Å². The molecule has 1 heterocycles. The standard InChI is InChI=1S/C33H43N5O/c1-8-13-14-30-33(35-27-17-15-24(11-4)31(21-27)39-7)37-29(22-38(30)19-9-2)26-16-18-28(25(12-5)20-26)36-32(34)23(6)10-3/h9,12,14-22H,8,10-11,13,34H2,1-7H3,(H,35,37)/b19-9-,25-12-,30-14+,32-23?,36-28-. The molecular weight excluding hydrogens is 482 g/mol. The molecule has 39 heavy (non-hydrogen) atoms. The van der Waals surface area contributed by atoms with Crippen molar-refractivity contribution in [2.75, 3.05) is 12.4 Å². The van der Waals surface area contributed by atoms with Gasteiger partial charge in [-0.15, -0.1) is 0 Å². The molecule has 1 aromatic rings. The summed E-state index contributed by atoms with van der Waals surface area (Å²) in [6.45, 7) is 12.4. The summed E-state index contributed by atoms with van der Waals surface area (Å²) >= 11 is 0. The molecule has 0 fully saturated rings. The summed E-state index contributed by atoms with van der Waals surface area (Å²) < 4.78 is 5.64. The molecule has 0 amide bonds. The van der Waals surface area contributed by atoms with Gasteiger partial charge >= 0.3 is 0 Å². The summed E-state index contributed by atoms with van der Waals surface area (Å²) in [5, 5.41) is 3.58. The van der Waals surface area contributed by atoms with E-state index in [1.807, 2.05) is 39.0 Å². The van der Waals surface area contributed by atoms with Gasteiger partial charge in [0.2, 0.25) is 0 Å². The second kappa shape index (κ2) is 14.2. The van der Waals surface area contributed by atoms with E-state index >= 15 is 0 Å². The molecule has 3 N–H and O–H groups in total. The van der Waals surface area contributed by atoms with E-state index in [4.69, 9.17) is 20.5 Å². The Labute approximate surface area is 234 Å². The molecule has 0 radical (unpaired) electrons. The van der Waals surface area contributed by atoms with Crippen molar-refractivity contribution in [3.63, 3.8) is 0 Å². The maximum atomic E-state index is 6.23. The molecule has 6 heteroatoms. The minimum atomic E-state index is 0.573. The first kappa shape index (κ1) is 29.5. The largest absolute Gasteiger partial charge is 0.496 e. The highest BCUT2D eigenvalue weighted by atomic mass is 16.5. The number of benzene rings is 1. The van der Waals surface area contributed by atoms with Gasteiger partial charge in [0, 0.05) is 29.7 Å². The number of nitrogens with zero attached hydrogens (tertiary/aromatic N) is 3. The van der Waals surface area contributed by atoms with Crippen LogP contribution < -0.4 is 15.8 Å². The Kier molecular flexibility index (Phi) is 10.7. The molecule has 3 rings (SSSR count). The van der Waals surface area contributed by atoms with Crippen LogP contribution in [0.25, 0.3) is 0 Å². The molecule has 1 aliphatic carbocycles. The number of hydrogen-bond acceptors (Lipinski definition) is 6. The highest BCUT2D eigenvalue weighted by Crippen LogP contribution is 2.30. The highest BCUT2D eigenvalue weighted by molar-refractivity contribution is 6.13. The number of methoxy groups -OCH3 is 1. The zero-order valence-electron chi connectivity index (χ0n) is 24.5. The van der Waals surface area contributed by atoms with Gasteiger partial charge in [0.15, 0.2) is 5.84 Å². The van der Waals surface area contributed by atoms with Crippen molar-refractivity contribution < 1.29 is 4.74 Å². The predicted molar refractivity (Wildman–Crippen MR) is 167 cm³/mol. The maximum absolute atomic E-state index is 6.23. The number of aryl methyl sites for hydroxylation is 1. The fourth-order valence-corrected chi connectivity index (χ4v) is 4.23. The van der Waals surface area contributed by atoms with Crippen molar-refractivity contribution in [2.24, 2.45) is 15.7 Å². The van der Waals surface area contributed by atoms with Crippen molar-refractivity contribution in [1.29, 1.82) is 0 Å². The van der Waals surface area contributed by atoms with Gasteiger partial charge in [0.05, 0.1) is 24.2 Å². The molecule has 0 spiro atoms. The Balaban J connectivity index is 2.07. The Morgan fingerprint density at radius 3 is 2.62 bits per heavy atom. The van der Waals surface area contributed by atoms with Crippen LogP contribution in [0.1, 0.15) is 66.4 Å². The zero-order chi connectivity index (χ0) is 28.4. The summed E-state index contributed by atoms with van der Waals surface area (Å²) in [6, 6.07) is 6.22. The molecule has 206 valence electrons. The first-order chi connectivity index (χ1) is 18.9. The molecule has 0 unspecified atom stereocenters.